The number of amides is 3. The van der Waals surface area contributed by atoms with Crippen LogP contribution >= 0.6 is 34.5 Å². The van der Waals surface area contributed by atoms with Crippen LogP contribution in [0.4, 0.5) is 5.95 Å². The van der Waals surface area contributed by atoms with Crippen LogP contribution in [0.25, 0.3) is 10.4 Å². The summed E-state index contributed by atoms with van der Waals surface area (Å²) in [4.78, 5) is 58.6. The summed E-state index contributed by atoms with van der Waals surface area (Å²) in [5.41, 5.74) is 5.94. The molecule has 23 heteroatoms. The number of hydrogen-bond acceptors (Lipinski definition) is 16. The van der Waals surface area contributed by atoms with E-state index in [0.29, 0.717) is 60.2 Å². The van der Waals surface area contributed by atoms with Gasteiger partial charge in [-0.3, -0.25) is 19.1 Å². The van der Waals surface area contributed by atoms with Gasteiger partial charge in [0.15, 0.2) is 5.75 Å². The highest BCUT2D eigenvalue weighted by atomic mass is 35.5. The van der Waals surface area contributed by atoms with Crippen molar-refractivity contribution in [2.24, 2.45) is 5.41 Å². The second kappa shape index (κ2) is 29.1. The number of likely N-dealkylation sites (tertiary alicyclic amines) is 1. The van der Waals surface area contributed by atoms with E-state index in [1.807, 2.05) is 115 Å². The maximum absolute atomic E-state index is 14.2. The molecule has 0 saturated carbocycles. The van der Waals surface area contributed by atoms with Gasteiger partial charge in [0, 0.05) is 44.3 Å². The molecule has 1 aliphatic heterocycles. The number of thiazole rings is 1. The van der Waals surface area contributed by atoms with Crippen molar-refractivity contribution in [3.05, 3.63) is 117 Å². The first-order chi connectivity index (χ1) is 38.0. The summed E-state index contributed by atoms with van der Waals surface area (Å²) in [5, 5.41) is 26.8. The van der Waals surface area contributed by atoms with Gasteiger partial charge in [0.2, 0.25) is 33.7 Å². The van der Waals surface area contributed by atoms with Crippen molar-refractivity contribution >= 4 is 68.2 Å². The highest BCUT2D eigenvalue weighted by Gasteiger charge is 2.45. The zero-order valence-electron chi connectivity index (χ0n) is 46.6. The number of carbonyl (C=O) groups excluding carboxylic acids is 3. The number of nitriles is 1. The quantitative estimate of drug-likeness (QED) is 0.0263. The monoisotopic (exact) mass is 1180 g/mol. The Labute approximate surface area is 483 Å². The smallest absolute Gasteiger partial charge is 0.246 e. The van der Waals surface area contributed by atoms with Crippen LogP contribution in [-0.4, -0.2) is 146 Å². The minimum atomic E-state index is -3.84. The Balaban J connectivity index is 0.878. The largest absolute Gasteiger partial charge is 0.489 e. The van der Waals surface area contributed by atoms with Crippen LogP contribution in [0.5, 0.6) is 11.5 Å². The van der Waals surface area contributed by atoms with Crippen LogP contribution < -0.4 is 24.8 Å². The molecule has 0 spiro atoms. The van der Waals surface area contributed by atoms with Crippen molar-refractivity contribution in [3.8, 4) is 28.0 Å². The highest BCUT2D eigenvalue weighted by Crippen LogP contribution is 2.39. The maximum Gasteiger partial charge on any atom is 0.246 e. The standard InChI is InChI=1S/C57H73Cl2N9O10S2/c1-37-51(79-36-62-37)39-14-12-38(13-15-39)47(33-67(7)8)64-53(71)48-30-44(69)32-68(48)54(72)52(56(2,3)4)65-49(70)35-76-24-11-9-10-23-75-26-27-80(73,74)66-55-61-22-20-43(63-55)34-78-45-18-16-41(17-19-45)57(5,6)42-28-40(31-60)50(46(59)29-42)77-25-21-58/h12-20,22,28-29,36,44,47-48,52,69H,9-11,21,23-27,30,32-35H2,1-8H3,(H,64,71)(H,65,70)(H,61,63,66)/t44-,47-,48-,52+/m0/s1. The van der Waals surface area contributed by atoms with Gasteiger partial charge in [0.05, 0.1) is 62.7 Å². The molecule has 1 saturated heterocycles. The number of sulfonamides is 1. The van der Waals surface area contributed by atoms with E-state index in [1.54, 1.807) is 29.5 Å². The summed E-state index contributed by atoms with van der Waals surface area (Å²) in [5.74, 6) is -0.653. The molecule has 0 unspecified atom stereocenters. The molecule has 0 bridgehead atoms. The molecule has 1 fully saturated rings. The number of aliphatic hydroxyl groups excluding tert-OH is 1. The summed E-state index contributed by atoms with van der Waals surface area (Å²) >= 11 is 13.8. The lowest BCUT2D eigenvalue weighted by Gasteiger charge is -2.35. The average molecular weight is 1180 g/mol. The number of rotatable bonds is 29. The van der Waals surface area contributed by atoms with Crippen molar-refractivity contribution in [2.45, 2.75) is 103 Å². The molecule has 5 aromatic rings. The number of carbonyl (C=O) groups is 3. The summed E-state index contributed by atoms with van der Waals surface area (Å²) in [7, 11) is -0.0132. The maximum atomic E-state index is 14.2. The normalized spacial score (nSPS) is 15.5. The predicted molar refractivity (Wildman–Crippen MR) is 309 cm³/mol. The van der Waals surface area contributed by atoms with Gasteiger partial charge < -0.3 is 44.5 Å². The number of hydrogen-bond donors (Lipinski definition) is 4. The minimum absolute atomic E-state index is 0.0465. The van der Waals surface area contributed by atoms with Crippen LogP contribution in [0.3, 0.4) is 0 Å². The Kier molecular flexibility index (Phi) is 23.0. The van der Waals surface area contributed by atoms with Gasteiger partial charge in [0.1, 0.15) is 43.7 Å². The van der Waals surface area contributed by atoms with Crippen molar-refractivity contribution < 1.29 is 46.9 Å². The molecule has 0 aliphatic carbocycles. The van der Waals surface area contributed by atoms with Crippen LogP contribution in [0.1, 0.15) is 100.0 Å². The summed E-state index contributed by atoms with van der Waals surface area (Å²) < 4.78 is 51.0. The number of halogens is 2. The lowest BCUT2D eigenvalue weighted by molar-refractivity contribution is -0.144. The number of benzene rings is 3. The average Bonchev–Trinajstić information content (AvgIpc) is 4.07. The zero-order valence-corrected chi connectivity index (χ0v) is 49.7. The van der Waals surface area contributed by atoms with Crippen LogP contribution in [0.15, 0.2) is 78.4 Å². The molecule has 6 rings (SSSR count). The van der Waals surface area contributed by atoms with Gasteiger partial charge >= 0.3 is 0 Å². The van der Waals surface area contributed by atoms with Gasteiger partial charge in [-0.15, -0.1) is 22.9 Å². The Morgan fingerprint density at radius 2 is 1.64 bits per heavy atom. The summed E-state index contributed by atoms with van der Waals surface area (Å²) in [6, 6.07) is 20.4. The topological polar surface area (TPSA) is 248 Å². The number of alkyl halides is 1. The van der Waals surface area contributed by atoms with Crippen molar-refractivity contribution in [2.75, 3.05) is 76.6 Å². The van der Waals surface area contributed by atoms with E-state index in [9.17, 15) is 33.2 Å². The molecular weight excluding hydrogens is 1110 g/mol. The molecule has 432 valence electrons. The van der Waals surface area contributed by atoms with Gasteiger partial charge in [-0.1, -0.05) is 82.6 Å². The van der Waals surface area contributed by atoms with Crippen LogP contribution in [0, 0.1) is 23.7 Å². The number of likely N-dealkylation sites (N-methyl/N-ethyl adjacent to an activating group) is 1. The van der Waals surface area contributed by atoms with E-state index in [2.05, 4.69) is 36.4 Å². The van der Waals surface area contributed by atoms with Gasteiger partial charge in [-0.25, -0.2) is 23.4 Å². The first-order valence-corrected chi connectivity index (χ1v) is 29.8. The fourth-order valence-electron chi connectivity index (χ4n) is 8.99. The number of anilines is 1. The van der Waals surface area contributed by atoms with Gasteiger partial charge in [-0.2, -0.15) is 5.26 Å². The number of nitrogens with zero attached hydrogens (tertiary/aromatic N) is 6. The highest BCUT2D eigenvalue weighted by molar-refractivity contribution is 7.92. The molecule has 4 atom stereocenters. The fraction of sp³-hybridized carbons (Fsp3) is 0.491. The minimum Gasteiger partial charge on any atom is -0.489 e. The van der Waals surface area contributed by atoms with Crippen molar-refractivity contribution in [1.82, 2.24) is 35.4 Å². The third-order valence-electron chi connectivity index (χ3n) is 13.4. The van der Waals surface area contributed by atoms with Gasteiger partial charge in [-0.05, 0) is 98.3 Å². The zero-order chi connectivity index (χ0) is 58.2. The predicted octanol–water partition coefficient (Wildman–Crippen LogP) is 7.81. The van der Waals surface area contributed by atoms with E-state index in [-0.39, 0.29) is 63.6 Å². The molecule has 3 heterocycles. The number of aryl methyl sites for hydroxylation is 1. The van der Waals surface area contributed by atoms with E-state index in [1.165, 1.54) is 11.1 Å². The Hall–Kier alpha value is -5.96. The Morgan fingerprint density at radius 3 is 2.29 bits per heavy atom. The van der Waals surface area contributed by atoms with E-state index >= 15 is 0 Å². The molecule has 1 aliphatic rings. The number of unbranched alkanes of at least 4 members (excludes halogenated alkanes) is 2. The lowest BCUT2D eigenvalue weighted by Crippen LogP contribution is -2.58. The fourth-order valence-corrected chi connectivity index (χ4v) is 11.0. The molecule has 80 heavy (non-hydrogen) atoms. The van der Waals surface area contributed by atoms with E-state index in [4.69, 9.17) is 42.1 Å². The van der Waals surface area contributed by atoms with Crippen LogP contribution in [-0.2, 0) is 45.9 Å². The Bertz CT molecular complexity index is 3020. The molecule has 3 amide bonds. The molecule has 19 nitrogen and oxygen atoms in total. The molecule has 4 N–H and O–H groups in total. The second-order valence-electron chi connectivity index (χ2n) is 21.4. The lowest BCUT2D eigenvalue weighted by atomic mass is 9.77. The summed E-state index contributed by atoms with van der Waals surface area (Å²) in [6.45, 7) is 12.4. The first kappa shape index (κ1) is 63.2. The number of nitrogens with one attached hydrogen (secondary N) is 3. The molecule has 2 aromatic heterocycles. The van der Waals surface area contributed by atoms with Crippen molar-refractivity contribution in [1.29, 1.82) is 5.26 Å². The van der Waals surface area contributed by atoms with Crippen molar-refractivity contribution in [3.63, 3.8) is 0 Å². The Morgan fingerprint density at radius 1 is 0.925 bits per heavy atom. The first-order valence-electron chi connectivity index (χ1n) is 26.4. The SMILES string of the molecule is Cc1ncsc1-c1ccc([C@H](CN(C)C)NC(=O)[C@@H]2C[C@H](O)CN2C(=O)[C@@H](NC(=O)COCCCCCOCCS(=O)(=O)Nc2nccc(COc3ccc(C(C)(C)c4cc(Cl)c(OCCCl)c(C#N)c4)cc3)n2)C(C)(C)C)cc1. The number of ether oxygens (including phenoxy) is 4. The number of aliphatic hydroxyl groups is 1. The van der Waals surface area contributed by atoms with Gasteiger partial charge in [0.25, 0.3) is 0 Å². The second-order valence-corrected chi connectivity index (χ2v) is 24.9. The third kappa shape index (κ3) is 18.0. The molecule has 0 radical (unpaired) electrons. The van der Waals surface area contributed by atoms with Crippen LogP contribution in [0.2, 0.25) is 5.02 Å². The number of aromatic nitrogens is 3. The number of β-amino-alcohol motifs (C(OH)–C–C–N with tert-alkyl or cyclic N) is 1. The van der Waals surface area contributed by atoms with E-state index in [0.717, 1.165) is 32.8 Å². The molecular formula is C57H73Cl2N9O10S2. The van der Waals surface area contributed by atoms with E-state index < -0.39 is 62.8 Å². The molecule has 3 aromatic carbocycles. The third-order valence-corrected chi connectivity index (χ3v) is 16.0. The summed E-state index contributed by atoms with van der Waals surface area (Å²) in [6.07, 6.45) is 2.50.